The number of hydrogen-bond donors (Lipinski definition) is 2. The van der Waals surface area contributed by atoms with Crippen LogP contribution in [0, 0.1) is 6.92 Å². The van der Waals surface area contributed by atoms with E-state index in [4.69, 9.17) is 9.52 Å². The van der Waals surface area contributed by atoms with Crippen LogP contribution in [0.25, 0.3) is 10.8 Å². The fourth-order valence-corrected chi connectivity index (χ4v) is 2.25. The summed E-state index contributed by atoms with van der Waals surface area (Å²) in [6.07, 6.45) is -0.00166. The van der Waals surface area contributed by atoms with Crippen LogP contribution in [0.4, 0.5) is 0 Å². The predicted molar refractivity (Wildman–Crippen MR) is 73.5 cm³/mol. The van der Waals surface area contributed by atoms with Crippen LogP contribution in [-0.4, -0.2) is 28.0 Å². The Bertz CT molecular complexity index is 618. The van der Waals surface area contributed by atoms with Crippen molar-refractivity contribution in [3.63, 3.8) is 0 Å². The highest BCUT2D eigenvalue weighted by atomic mass is 32.1. The lowest BCUT2D eigenvalue weighted by Gasteiger charge is -2.07. The molecule has 6 nitrogen and oxygen atoms in total. The van der Waals surface area contributed by atoms with Gasteiger partial charge in [-0.1, -0.05) is 6.07 Å². The lowest BCUT2D eigenvalue weighted by Crippen LogP contribution is -2.39. The van der Waals surface area contributed by atoms with Crippen LogP contribution in [0.5, 0.6) is 0 Å². The van der Waals surface area contributed by atoms with Gasteiger partial charge in [-0.2, -0.15) is 0 Å². The normalized spacial score (nSPS) is 12.1. The van der Waals surface area contributed by atoms with Crippen molar-refractivity contribution < 1.29 is 19.1 Å². The van der Waals surface area contributed by atoms with Crippen molar-refractivity contribution in [3.8, 4) is 10.8 Å². The van der Waals surface area contributed by atoms with E-state index in [1.165, 1.54) is 18.3 Å². The molecule has 0 spiro atoms. The Kier molecular flexibility index (Phi) is 4.19. The van der Waals surface area contributed by atoms with E-state index in [1.54, 1.807) is 6.92 Å². The van der Waals surface area contributed by atoms with Gasteiger partial charge in [-0.25, -0.2) is 4.98 Å². The number of carbonyl (C=O) groups is 2. The van der Waals surface area contributed by atoms with Crippen molar-refractivity contribution >= 4 is 23.2 Å². The van der Waals surface area contributed by atoms with Gasteiger partial charge in [0.1, 0.15) is 11.8 Å². The molecule has 0 saturated heterocycles. The molecule has 1 amide bonds. The van der Waals surface area contributed by atoms with E-state index in [-0.39, 0.29) is 6.42 Å². The molecule has 20 heavy (non-hydrogen) atoms. The molecule has 2 N–H and O–H groups in total. The summed E-state index contributed by atoms with van der Waals surface area (Å²) in [5.41, 5.74) is 0.517. The minimum absolute atomic E-state index is 0.00166. The molecular formula is C13H14N2O4S. The summed E-state index contributed by atoms with van der Waals surface area (Å²) in [6.45, 7) is 3.14. The molecule has 0 saturated carbocycles. The van der Waals surface area contributed by atoms with E-state index in [2.05, 4.69) is 10.3 Å². The van der Waals surface area contributed by atoms with E-state index in [9.17, 15) is 9.59 Å². The Morgan fingerprint density at radius 2 is 2.30 bits per heavy atom. The standard InChI is InChI=1S/C13H14N2O4S/c1-7(13(17)18)14-11(16)6-9-8(2)19-12(15-9)10-4-3-5-20-10/h3-5,7H,6H2,1-2H3,(H,14,16)(H,17,18). The number of aromatic nitrogens is 1. The van der Waals surface area contributed by atoms with Gasteiger partial charge < -0.3 is 14.8 Å². The van der Waals surface area contributed by atoms with Gasteiger partial charge in [-0.15, -0.1) is 11.3 Å². The van der Waals surface area contributed by atoms with Crippen molar-refractivity contribution in [2.45, 2.75) is 26.3 Å². The molecule has 0 fully saturated rings. The van der Waals surface area contributed by atoms with Gasteiger partial charge in [0, 0.05) is 0 Å². The lowest BCUT2D eigenvalue weighted by molar-refractivity contribution is -0.141. The maximum atomic E-state index is 11.7. The molecule has 0 aromatic carbocycles. The van der Waals surface area contributed by atoms with Crippen molar-refractivity contribution in [3.05, 3.63) is 29.0 Å². The van der Waals surface area contributed by atoms with Gasteiger partial charge in [0.15, 0.2) is 0 Å². The highest BCUT2D eigenvalue weighted by molar-refractivity contribution is 7.13. The number of nitrogens with one attached hydrogen (secondary N) is 1. The summed E-state index contributed by atoms with van der Waals surface area (Å²) in [4.78, 5) is 27.6. The van der Waals surface area contributed by atoms with E-state index >= 15 is 0 Å². The third kappa shape index (κ3) is 3.24. The van der Waals surface area contributed by atoms with Gasteiger partial charge in [-0.3, -0.25) is 9.59 Å². The first-order valence-electron chi connectivity index (χ1n) is 5.99. The summed E-state index contributed by atoms with van der Waals surface area (Å²) in [5, 5.41) is 13.0. The molecule has 1 atom stereocenters. The van der Waals surface area contributed by atoms with Gasteiger partial charge in [0.2, 0.25) is 11.8 Å². The molecule has 2 rings (SSSR count). The zero-order valence-electron chi connectivity index (χ0n) is 11.0. The maximum absolute atomic E-state index is 11.7. The van der Waals surface area contributed by atoms with Crippen LogP contribution < -0.4 is 5.32 Å². The summed E-state index contributed by atoms with van der Waals surface area (Å²) in [6, 6.07) is 2.85. The molecule has 0 aliphatic rings. The molecular weight excluding hydrogens is 280 g/mol. The van der Waals surface area contributed by atoms with Crippen LogP contribution in [0.15, 0.2) is 21.9 Å². The number of amides is 1. The molecule has 0 aliphatic heterocycles. The quantitative estimate of drug-likeness (QED) is 0.877. The first-order chi connectivity index (χ1) is 9.47. The van der Waals surface area contributed by atoms with E-state index in [0.29, 0.717) is 17.3 Å². The Labute approximate surface area is 119 Å². The second-order valence-corrected chi connectivity index (χ2v) is 5.25. The van der Waals surface area contributed by atoms with Crippen molar-refractivity contribution in [1.82, 2.24) is 10.3 Å². The summed E-state index contributed by atoms with van der Waals surface area (Å²) in [5.74, 6) is -0.429. The fourth-order valence-electron chi connectivity index (χ4n) is 1.60. The van der Waals surface area contributed by atoms with Gasteiger partial charge in [0.05, 0.1) is 17.0 Å². The number of carboxylic acid groups (broad SMARTS) is 1. The van der Waals surface area contributed by atoms with Crippen LogP contribution in [-0.2, 0) is 16.0 Å². The van der Waals surface area contributed by atoms with Crippen molar-refractivity contribution in [2.24, 2.45) is 0 Å². The summed E-state index contributed by atoms with van der Waals surface area (Å²) in [7, 11) is 0. The van der Waals surface area contributed by atoms with E-state index < -0.39 is 17.9 Å². The maximum Gasteiger partial charge on any atom is 0.325 e. The molecule has 7 heteroatoms. The Hall–Kier alpha value is -2.15. The summed E-state index contributed by atoms with van der Waals surface area (Å²) < 4.78 is 5.52. The van der Waals surface area contributed by atoms with Crippen molar-refractivity contribution in [1.29, 1.82) is 0 Å². The zero-order valence-corrected chi connectivity index (χ0v) is 11.9. The van der Waals surface area contributed by atoms with Crippen LogP contribution in [0.3, 0.4) is 0 Å². The number of aliphatic carboxylic acids is 1. The van der Waals surface area contributed by atoms with E-state index in [0.717, 1.165) is 4.88 Å². The fraction of sp³-hybridized carbons (Fsp3) is 0.308. The lowest BCUT2D eigenvalue weighted by atomic mass is 10.2. The number of carboxylic acids is 1. The number of rotatable bonds is 5. The molecule has 106 valence electrons. The Morgan fingerprint density at radius 1 is 1.55 bits per heavy atom. The van der Waals surface area contributed by atoms with Crippen LogP contribution in [0.1, 0.15) is 18.4 Å². The van der Waals surface area contributed by atoms with Gasteiger partial charge >= 0.3 is 5.97 Å². The smallest absolute Gasteiger partial charge is 0.325 e. The number of hydrogen-bond acceptors (Lipinski definition) is 5. The van der Waals surface area contributed by atoms with Crippen molar-refractivity contribution in [2.75, 3.05) is 0 Å². The molecule has 2 heterocycles. The highest BCUT2D eigenvalue weighted by Gasteiger charge is 2.18. The SMILES string of the molecule is Cc1oc(-c2cccs2)nc1CC(=O)NC(C)C(=O)O. The highest BCUT2D eigenvalue weighted by Crippen LogP contribution is 2.25. The molecule has 1 unspecified atom stereocenters. The third-order valence-corrected chi connectivity index (χ3v) is 3.56. The topological polar surface area (TPSA) is 92.4 Å². The second-order valence-electron chi connectivity index (χ2n) is 4.30. The molecule has 0 aliphatic carbocycles. The third-order valence-electron chi connectivity index (χ3n) is 2.70. The number of nitrogens with zero attached hydrogens (tertiary/aromatic N) is 1. The first kappa shape index (κ1) is 14.3. The zero-order chi connectivity index (χ0) is 14.7. The average molecular weight is 294 g/mol. The van der Waals surface area contributed by atoms with Crippen LogP contribution in [0.2, 0.25) is 0 Å². The Balaban J connectivity index is 2.07. The number of oxazole rings is 1. The molecule has 0 radical (unpaired) electrons. The number of aryl methyl sites for hydroxylation is 1. The minimum Gasteiger partial charge on any atom is -0.480 e. The Morgan fingerprint density at radius 3 is 2.90 bits per heavy atom. The number of carbonyl (C=O) groups excluding carboxylic acids is 1. The monoisotopic (exact) mass is 294 g/mol. The number of thiophene rings is 1. The molecule has 2 aromatic heterocycles. The second kappa shape index (κ2) is 5.87. The van der Waals surface area contributed by atoms with Gasteiger partial charge in [-0.05, 0) is 25.3 Å². The minimum atomic E-state index is -1.07. The largest absolute Gasteiger partial charge is 0.480 e. The first-order valence-corrected chi connectivity index (χ1v) is 6.87. The average Bonchev–Trinajstić information content (AvgIpc) is 2.99. The molecule has 0 bridgehead atoms. The van der Waals surface area contributed by atoms with Crippen LogP contribution >= 0.6 is 11.3 Å². The molecule has 2 aromatic rings. The predicted octanol–water partition coefficient (Wildman–Crippen LogP) is 1.84. The summed E-state index contributed by atoms with van der Waals surface area (Å²) >= 11 is 1.50. The van der Waals surface area contributed by atoms with Gasteiger partial charge in [0.25, 0.3) is 0 Å². The van der Waals surface area contributed by atoms with E-state index in [1.807, 2.05) is 17.5 Å².